The minimum Gasteiger partial charge on any atom is -0.492 e. The summed E-state index contributed by atoms with van der Waals surface area (Å²) in [6.45, 7) is 2.72. The van der Waals surface area contributed by atoms with Crippen molar-refractivity contribution < 1.29 is 9.13 Å². The summed E-state index contributed by atoms with van der Waals surface area (Å²) in [7, 11) is 0. The molecule has 1 aromatic rings. The van der Waals surface area contributed by atoms with E-state index in [2.05, 4.69) is 21.2 Å². The molecular formula is C10H11BrFNO. The molecule has 0 amide bonds. The first-order chi connectivity index (χ1) is 6.75. The van der Waals surface area contributed by atoms with Crippen molar-refractivity contribution in [1.29, 1.82) is 0 Å². The molecule has 0 bridgehead atoms. The molecule has 1 fully saturated rings. The molecular weight excluding hydrogens is 249 g/mol. The third-order valence-corrected chi connectivity index (χ3v) is 2.85. The quantitative estimate of drug-likeness (QED) is 0.899. The average molecular weight is 260 g/mol. The predicted molar refractivity (Wildman–Crippen MR) is 56.0 cm³/mol. The third kappa shape index (κ3) is 2.25. The third-order valence-electron chi connectivity index (χ3n) is 2.23. The molecule has 0 radical (unpaired) electrons. The zero-order valence-corrected chi connectivity index (χ0v) is 9.18. The summed E-state index contributed by atoms with van der Waals surface area (Å²) in [5.74, 6) is 1.04. The van der Waals surface area contributed by atoms with Crippen molar-refractivity contribution in [2.24, 2.45) is 5.92 Å². The van der Waals surface area contributed by atoms with Crippen molar-refractivity contribution in [2.75, 3.05) is 19.7 Å². The lowest BCUT2D eigenvalue weighted by atomic mass is 10.1. The van der Waals surface area contributed by atoms with Crippen LogP contribution >= 0.6 is 15.9 Å². The minimum absolute atomic E-state index is 0.255. The summed E-state index contributed by atoms with van der Waals surface area (Å²) in [6, 6.07) is 4.46. The Morgan fingerprint density at radius 2 is 2.29 bits per heavy atom. The largest absolute Gasteiger partial charge is 0.492 e. The van der Waals surface area contributed by atoms with Crippen LogP contribution in [0.1, 0.15) is 0 Å². The van der Waals surface area contributed by atoms with E-state index in [0.717, 1.165) is 13.1 Å². The molecule has 4 heteroatoms. The van der Waals surface area contributed by atoms with Crippen molar-refractivity contribution in [1.82, 2.24) is 5.32 Å². The Labute approximate surface area is 90.6 Å². The molecule has 76 valence electrons. The van der Waals surface area contributed by atoms with Crippen LogP contribution < -0.4 is 10.1 Å². The number of halogens is 2. The standard InChI is InChI=1S/C10H11BrFNO/c11-9-3-8(12)1-2-10(9)14-6-7-4-13-5-7/h1-3,7,13H,4-6H2. The normalized spacial score (nSPS) is 16.4. The fourth-order valence-electron chi connectivity index (χ4n) is 1.27. The molecule has 1 aromatic carbocycles. The van der Waals surface area contributed by atoms with Gasteiger partial charge in [-0.2, -0.15) is 0 Å². The number of rotatable bonds is 3. The van der Waals surface area contributed by atoms with Gasteiger partial charge in [-0.25, -0.2) is 4.39 Å². The summed E-state index contributed by atoms with van der Waals surface area (Å²) in [5, 5.41) is 3.17. The van der Waals surface area contributed by atoms with Gasteiger partial charge in [0.15, 0.2) is 0 Å². The molecule has 14 heavy (non-hydrogen) atoms. The lowest BCUT2D eigenvalue weighted by molar-refractivity contribution is 0.198. The fraction of sp³-hybridized carbons (Fsp3) is 0.400. The Bertz CT molecular complexity index is 328. The number of ether oxygens (including phenoxy) is 1. The summed E-state index contributed by atoms with van der Waals surface area (Å²) in [6.07, 6.45) is 0. The van der Waals surface area contributed by atoms with E-state index >= 15 is 0 Å². The van der Waals surface area contributed by atoms with Gasteiger partial charge in [0.25, 0.3) is 0 Å². The van der Waals surface area contributed by atoms with E-state index in [4.69, 9.17) is 4.74 Å². The van der Waals surface area contributed by atoms with Crippen molar-refractivity contribution in [3.8, 4) is 5.75 Å². The molecule has 0 aromatic heterocycles. The molecule has 1 aliphatic heterocycles. The summed E-state index contributed by atoms with van der Waals surface area (Å²) in [5.41, 5.74) is 0. The molecule has 2 rings (SSSR count). The van der Waals surface area contributed by atoms with Crippen LogP contribution in [0.25, 0.3) is 0 Å². The van der Waals surface area contributed by atoms with E-state index in [9.17, 15) is 4.39 Å². The molecule has 1 saturated heterocycles. The Hall–Kier alpha value is -0.610. The van der Waals surface area contributed by atoms with Crippen molar-refractivity contribution in [2.45, 2.75) is 0 Å². The topological polar surface area (TPSA) is 21.3 Å². The van der Waals surface area contributed by atoms with Gasteiger partial charge in [-0.3, -0.25) is 0 Å². The van der Waals surface area contributed by atoms with Crippen molar-refractivity contribution >= 4 is 15.9 Å². The Morgan fingerprint density at radius 3 is 2.86 bits per heavy atom. The van der Waals surface area contributed by atoms with Gasteiger partial charge in [-0.05, 0) is 34.1 Å². The molecule has 0 atom stereocenters. The zero-order chi connectivity index (χ0) is 9.97. The monoisotopic (exact) mass is 259 g/mol. The van der Waals surface area contributed by atoms with Gasteiger partial charge >= 0.3 is 0 Å². The van der Waals surface area contributed by atoms with E-state index in [1.165, 1.54) is 12.1 Å². The van der Waals surface area contributed by atoms with Crippen LogP contribution in [0.4, 0.5) is 4.39 Å². The molecule has 0 saturated carbocycles. The van der Waals surface area contributed by atoms with Gasteiger partial charge in [0.05, 0.1) is 11.1 Å². The smallest absolute Gasteiger partial charge is 0.133 e. The molecule has 1 aliphatic rings. The molecule has 1 N–H and O–H groups in total. The first-order valence-corrected chi connectivity index (χ1v) is 5.33. The Balaban J connectivity index is 1.94. The number of hydrogen-bond acceptors (Lipinski definition) is 2. The van der Waals surface area contributed by atoms with E-state index in [1.807, 2.05) is 0 Å². The summed E-state index contributed by atoms with van der Waals surface area (Å²) >= 11 is 3.26. The average Bonchev–Trinajstić information content (AvgIpc) is 2.05. The van der Waals surface area contributed by atoms with Crippen molar-refractivity contribution in [3.63, 3.8) is 0 Å². The van der Waals surface area contributed by atoms with Crippen LogP contribution in [0.3, 0.4) is 0 Å². The zero-order valence-electron chi connectivity index (χ0n) is 7.59. The van der Waals surface area contributed by atoms with Crippen LogP contribution in [0.2, 0.25) is 0 Å². The predicted octanol–water partition coefficient (Wildman–Crippen LogP) is 2.19. The van der Waals surface area contributed by atoms with Gasteiger partial charge in [-0.1, -0.05) is 0 Å². The van der Waals surface area contributed by atoms with Crippen LogP contribution in [-0.4, -0.2) is 19.7 Å². The SMILES string of the molecule is Fc1ccc(OCC2CNC2)c(Br)c1. The molecule has 0 spiro atoms. The molecule has 0 unspecified atom stereocenters. The molecule has 1 heterocycles. The van der Waals surface area contributed by atoms with Gasteiger partial charge < -0.3 is 10.1 Å². The minimum atomic E-state index is -0.255. The summed E-state index contributed by atoms with van der Waals surface area (Å²) < 4.78 is 18.9. The second kappa shape index (κ2) is 4.28. The lowest BCUT2D eigenvalue weighted by Gasteiger charge is -2.26. The van der Waals surface area contributed by atoms with Crippen molar-refractivity contribution in [3.05, 3.63) is 28.5 Å². The van der Waals surface area contributed by atoms with Gasteiger partial charge in [0.1, 0.15) is 11.6 Å². The first kappa shape index (κ1) is 9.93. The van der Waals surface area contributed by atoms with Crippen LogP contribution in [-0.2, 0) is 0 Å². The summed E-state index contributed by atoms with van der Waals surface area (Å²) in [4.78, 5) is 0. The van der Waals surface area contributed by atoms with Crippen LogP contribution in [0, 0.1) is 11.7 Å². The molecule has 0 aliphatic carbocycles. The molecule has 2 nitrogen and oxygen atoms in total. The highest BCUT2D eigenvalue weighted by Crippen LogP contribution is 2.26. The van der Waals surface area contributed by atoms with E-state index in [1.54, 1.807) is 6.07 Å². The fourth-order valence-corrected chi connectivity index (χ4v) is 1.73. The highest BCUT2D eigenvalue weighted by atomic mass is 79.9. The van der Waals surface area contributed by atoms with E-state index in [-0.39, 0.29) is 5.82 Å². The highest BCUT2D eigenvalue weighted by Gasteiger charge is 2.17. The number of nitrogens with one attached hydrogen (secondary N) is 1. The maximum Gasteiger partial charge on any atom is 0.133 e. The first-order valence-electron chi connectivity index (χ1n) is 4.54. The van der Waals surface area contributed by atoms with Gasteiger partial charge in [0.2, 0.25) is 0 Å². The Kier molecular flexibility index (Phi) is 3.03. The second-order valence-electron chi connectivity index (χ2n) is 3.41. The van der Waals surface area contributed by atoms with Crippen LogP contribution in [0.15, 0.2) is 22.7 Å². The second-order valence-corrected chi connectivity index (χ2v) is 4.26. The lowest BCUT2D eigenvalue weighted by Crippen LogP contribution is -2.45. The van der Waals surface area contributed by atoms with E-state index < -0.39 is 0 Å². The highest BCUT2D eigenvalue weighted by molar-refractivity contribution is 9.10. The van der Waals surface area contributed by atoms with Gasteiger partial charge in [0, 0.05) is 19.0 Å². The Morgan fingerprint density at radius 1 is 1.50 bits per heavy atom. The number of benzene rings is 1. The maximum atomic E-state index is 12.7. The van der Waals surface area contributed by atoms with Gasteiger partial charge in [-0.15, -0.1) is 0 Å². The number of hydrogen-bond donors (Lipinski definition) is 1. The maximum absolute atomic E-state index is 12.7. The van der Waals surface area contributed by atoms with Crippen LogP contribution in [0.5, 0.6) is 5.75 Å². The van der Waals surface area contributed by atoms with E-state index in [0.29, 0.717) is 22.7 Å².